The molecule has 0 fully saturated rings. The summed E-state index contributed by atoms with van der Waals surface area (Å²) < 4.78 is 0. The number of nitrogens with zero attached hydrogens (tertiary/aromatic N) is 5. The number of benzene rings is 3. The van der Waals surface area contributed by atoms with Gasteiger partial charge in [0.1, 0.15) is 0 Å². The van der Waals surface area contributed by atoms with Crippen molar-refractivity contribution in [3.63, 3.8) is 0 Å². The Labute approximate surface area is 169 Å². The minimum atomic E-state index is -0.970. The molecule has 0 aliphatic heterocycles. The molecule has 0 bridgehead atoms. The van der Waals surface area contributed by atoms with Crippen LogP contribution in [0.5, 0.6) is 0 Å². The summed E-state index contributed by atoms with van der Waals surface area (Å²) in [5, 5.41) is 25.6. The molecule has 1 N–H and O–H groups in total. The van der Waals surface area contributed by atoms with Crippen molar-refractivity contribution in [3.05, 3.63) is 78.4 Å². The van der Waals surface area contributed by atoms with Gasteiger partial charge in [-0.2, -0.15) is 20.5 Å². The molecule has 3 rings (SSSR count). The largest absolute Gasteiger partial charge is 0.478 e. The van der Waals surface area contributed by atoms with E-state index in [9.17, 15) is 4.79 Å². The molecule has 0 spiro atoms. The normalized spacial score (nSPS) is 11.2. The smallest absolute Gasteiger partial charge is 0.335 e. The molecule has 29 heavy (non-hydrogen) atoms. The highest BCUT2D eigenvalue weighted by Gasteiger charge is 2.01. The second-order valence-corrected chi connectivity index (χ2v) is 6.30. The van der Waals surface area contributed by atoms with Crippen LogP contribution in [0, 0.1) is 0 Å². The summed E-state index contributed by atoms with van der Waals surface area (Å²) in [6, 6.07) is 21.3. The Morgan fingerprint density at radius 1 is 0.724 bits per heavy atom. The number of aromatic carboxylic acids is 1. The Hall–Kier alpha value is -3.87. The number of anilines is 1. The molecular weight excluding hydrogens is 366 g/mol. The fourth-order valence-corrected chi connectivity index (χ4v) is 2.44. The van der Waals surface area contributed by atoms with Crippen molar-refractivity contribution >= 4 is 34.4 Å². The van der Waals surface area contributed by atoms with Crippen molar-refractivity contribution in [2.75, 3.05) is 18.5 Å². The Morgan fingerprint density at radius 2 is 1.07 bits per heavy atom. The van der Waals surface area contributed by atoms with Gasteiger partial charge in [0.25, 0.3) is 0 Å². The Kier molecular flexibility index (Phi) is 6.42. The van der Waals surface area contributed by atoms with E-state index in [1.54, 1.807) is 24.3 Å². The van der Waals surface area contributed by atoms with Gasteiger partial charge in [-0.05, 0) is 79.7 Å². The van der Waals surface area contributed by atoms with Crippen LogP contribution in [0.15, 0.2) is 93.3 Å². The van der Waals surface area contributed by atoms with Gasteiger partial charge < -0.3 is 10.0 Å². The first-order valence-electron chi connectivity index (χ1n) is 9.13. The van der Waals surface area contributed by atoms with Crippen LogP contribution >= 0.6 is 0 Å². The number of azo groups is 2. The van der Waals surface area contributed by atoms with Crippen molar-refractivity contribution in [2.24, 2.45) is 20.5 Å². The summed E-state index contributed by atoms with van der Waals surface area (Å²) >= 11 is 0. The van der Waals surface area contributed by atoms with Crippen molar-refractivity contribution < 1.29 is 9.90 Å². The maximum atomic E-state index is 10.8. The van der Waals surface area contributed by atoms with Gasteiger partial charge in [-0.3, -0.25) is 0 Å². The molecule has 0 saturated heterocycles. The predicted octanol–water partition coefficient (Wildman–Crippen LogP) is 6.67. The molecule has 7 nitrogen and oxygen atoms in total. The van der Waals surface area contributed by atoms with Crippen molar-refractivity contribution in [2.45, 2.75) is 6.92 Å². The fraction of sp³-hybridized carbons (Fsp3) is 0.136. The van der Waals surface area contributed by atoms with Crippen LogP contribution in [0.2, 0.25) is 0 Å². The van der Waals surface area contributed by atoms with E-state index in [4.69, 9.17) is 5.11 Å². The van der Waals surface area contributed by atoms with E-state index in [1.807, 2.05) is 43.4 Å². The quantitative estimate of drug-likeness (QED) is 0.459. The second kappa shape index (κ2) is 9.36. The Morgan fingerprint density at radius 3 is 1.41 bits per heavy atom. The van der Waals surface area contributed by atoms with Crippen molar-refractivity contribution in [1.82, 2.24) is 0 Å². The summed E-state index contributed by atoms with van der Waals surface area (Å²) in [5.74, 6) is -0.970. The first kappa shape index (κ1) is 19.9. The van der Waals surface area contributed by atoms with Crippen LogP contribution in [0.3, 0.4) is 0 Å². The lowest BCUT2D eigenvalue weighted by Gasteiger charge is -2.16. The molecule has 7 heteroatoms. The molecule has 0 aliphatic rings. The Bertz CT molecular complexity index is 1010. The zero-order valence-electron chi connectivity index (χ0n) is 16.2. The summed E-state index contributed by atoms with van der Waals surface area (Å²) in [5.41, 5.74) is 4.09. The topological polar surface area (TPSA) is 90.0 Å². The maximum Gasteiger partial charge on any atom is 0.335 e. The fourth-order valence-electron chi connectivity index (χ4n) is 2.44. The van der Waals surface area contributed by atoms with E-state index in [-0.39, 0.29) is 5.56 Å². The van der Waals surface area contributed by atoms with Gasteiger partial charge in [0.15, 0.2) is 0 Å². The van der Waals surface area contributed by atoms with E-state index in [0.717, 1.165) is 17.9 Å². The lowest BCUT2D eigenvalue weighted by atomic mass is 10.2. The molecule has 0 aromatic heterocycles. The van der Waals surface area contributed by atoms with Gasteiger partial charge in [0.05, 0.1) is 28.3 Å². The molecule has 3 aromatic carbocycles. The molecule has 3 aromatic rings. The highest BCUT2D eigenvalue weighted by Crippen LogP contribution is 2.24. The first-order chi connectivity index (χ1) is 14.0. The average Bonchev–Trinajstić information content (AvgIpc) is 2.77. The predicted molar refractivity (Wildman–Crippen MR) is 114 cm³/mol. The van der Waals surface area contributed by atoms with E-state index in [0.29, 0.717) is 17.1 Å². The molecule has 0 saturated carbocycles. The number of hydrogen-bond donors (Lipinski definition) is 1. The van der Waals surface area contributed by atoms with Crippen LogP contribution in [-0.2, 0) is 0 Å². The summed E-state index contributed by atoms with van der Waals surface area (Å²) in [6.07, 6.45) is 0. The van der Waals surface area contributed by atoms with E-state index < -0.39 is 5.97 Å². The summed E-state index contributed by atoms with van der Waals surface area (Å²) in [4.78, 5) is 13.0. The van der Waals surface area contributed by atoms with Crippen LogP contribution < -0.4 is 4.90 Å². The summed E-state index contributed by atoms with van der Waals surface area (Å²) in [7, 11) is 2.04. The standard InChI is InChI=1S/C22H21N5O2/c1-3-27(2)21-14-12-20(13-15-21)26-25-19-10-8-18(9-11-19)24-23-17-6-4-16(5-7-17)22(28)29/h4-15H,3H2,1-2H3,(H,28,29). The third-order valence-electron chi connectivity index (χ3n) is 4.29. The number of carbonyl (C=O) groups is 1. The van der Waals surface area contributed by atoms with Crippen LogP contribution in [0.4, 0.5) is 28.4 Å². The van der Waals surface area contributed by atoms with Gasteiger partial charge in [0.2, 0.25) is 0 Å². The molecule has 0 heterocycles. The monoisotopic (exact) mass is 387 g/mol. The lowest BCUT2D eigenvalue weighted by molar-refractivity contribution is 0.0697. The van der Waals surface area contributed by atoms with Gasteiger partial charge in [-0.1, -0.05) is 0 Å². The minimum absolute atomic E-state index is 0.214. The van der Waals surface area contributed by atoms with Crippen LogP contribution in [-0.4, -0.2) is 24.7 Å². The van der Waals surface area contributed by atoms with Crippen molar-refractivity contribution in [3.8, 4) is 0 Å². The number of hydrogen-bond acceptors (Lipinski definition) is 6. The number of carboxylic acids is 1. The molecule has 0 atom stereocenters. The molecule has 0 radical (unpaired) electrons. The van der Waals surface area contributed by atoms with Gasteiger partial charge >= 0.3 is 5.97 Å². The maximum absolute atomic E-state index is 10.8. The van der Waals surface area contributed by atoms with Crippen molar-refractivity contribution in [1.29, 1.82) is 0 Å². The number of rotatable bonds is 7. The zero-order valence-corrected chi connectivity index (χ0v) is 16.2. The molecule has 0 amide bonds. The minimum Gasteiger partial charge on any atom is -0.478 e. The Balaban J connectivity index is 1.62. The highest BCUT2D eigenvalue weighted by atomic mass is 16.4. The van der Waals surface area contributed by atoms with E-state index in [2.05, 4.69) is 32.3 Å². The van der Waals surface area contributed by atoms with Gasteiger partial charge in [-0.15, -0.1) is 0 Å². The average molecular weight is 387 g/mol. The van der Waals surface area contributed by atoms with Crippen LogP contribution in [0.25, 0.3) is 0 Å². The van der Waals surface area contributed by atoms with Crippen LogP contribution in [0.1, 0.15) is 17.3 Å². The third kappa shape index (κ3) is 5.55. The van der Waals surface area contributed by atoms with Gasteiger partial charge in [0, 0.05) is 19.3 Å². The molecule has 0 aliphatic carbocycles. The van der Waals surface area contributed by atoms with E-state index >= 15 is 0 Å². The lowest BCUT2D eigenvalue weighted by Crippen LogP contribution is -2.15. The molecular formula is C22H21N5O2. The molecule has 146 valence electrons. The zero-order chi connectivity index (χ0) is 20.6. The highest BCUT2D eigenvalue weighted by molar-refractivity contribution is 5.87. The third-order valence-corrected chi connectivity index (χ3v) is 4.29. The van der Waals surface area contributed by atoms with E-state index in [1.165, 1.54) is 12.1 Å². The second-order valence-electron chi connectivity index (χ2n) is 6.30. The first-order valence-corrected chi connectivity index (χ1v) is 9.13. The molecule has 0 unspecified atom stereocenters. The SMILES string of the molecule is CCN(C)c1ccc(N=Nc2ccc(N=Nc3ccc(C(=O)O)cc3)cc2)cc1. The number of carboxylic acid groups (broad SMARTS) is 1. The summed E-state index contributed by atoms with van der Waals surface area (Å²) in [6.45, 7) is 3.05. The van der Waals surface area contributed by atoms with Gasteiger partial charge in [-0.25, -0.2) is 4.79 Å².